The summed E-state index contributed by atoms with van der Waals surface area (Å²) in [6, 6.07) is 19.1. The maximum Gasteiger partial charge on any atom is 0.0254 e. The van der Waals surface area contributed by atoms with Crippen molar-refractivity contribution >= 4 is 10.0 Å². The van der Waals surface area contributed by atoms with Crippen LogP contribution in [-0.4, -0.2) is 18.8 Å². The molecule has 0 aliphatic heterocycles. The molecule has 2 aromatic rings. The van der Waals surface area contributed by atoms with E-state index in [2.05, 4.69) is 96.4 Å². The van der Waals surface area contributed by atoms with Crippen molar-refractivity contribution in [2.75, 3.05) is 18.8 Å². The van der Waals surface area contributed by atoms with Gasteiger partial charge in [-0.05, 0) is 73.1 Å². The minimum absolute atomic E-state index is 0.765. The molecule has 0 bridgehead atoms. The van der Waals surface area contributed by atoms with Crippen LogP contribution in [0.2, 0.25) is 0 Å². The fourth-order valence-electron chi connectivity index (χ4n) is 2.91. The Balaban J connectivity index is 1.55. The number of benzene rings is 2. The number of aryl methyl sites for hydroxylation is 1. The highest BCUT2D eigenvalue weighted by Gasteiger charge is 1.96. The number of unbranched alkanes of at least 4 members (excludes halogenated alkanes) is 6. The summed E-state index contributed by atoms with van der Waals surface area (Å²) in [6.07, 6.45) is 16.7. The summed E-state index contributed by atoms with van der Waals surface area (Å²) in [5, 5.41) is 3.35. The molecular formula is C27H34S. The molecule has 0 saturated carbocycles. The zero-order valence-electron chi connectivity index (χ0n) is 17.8. The number of rotatable bonds is 8. The fraction of sp³-hybridized carbons (Fsp3) is 0.407. The molecule has 2 rings (SSSR count). The van der Waals surface area contributed by atoms with E-state index in [0.717, 1.165) is 17.5 Å². The predicted octanol–water partition coefficient (Wildman–Crippen LogP) is 7.01. The minimum atomic E-state index is -0.765. The van der Waals surface area contributed by atoms with Crippen LogP contribution in [0.25, 0.3) is 0 Å². The first-order chi connectivity index (χ1) is 13.5. The Labute approximate surface area is 174 Å². The smallest absolute Gasteiger partial charge is 0.0254 e. The van der Waals surface area contributed by atoms with Gasteiger partial charge in [-0.2, -0.15) is 10.0 Å². The molecule has 0 aliphatic carbocycles. The van der Waals surface area contributed by atoms with Crippen molar-refractivity contribution in [1.29, 1.82) is 0 Å². The van der Waals surface area contributed by atoms with E-state index in [4.69, 9.17) is 0 Å². The van der Waals surface area contributed by atoms with E-state index in [-0.39, 0.29) is 0 Å². The Bertz CT molecular complexity index is 802. The molecule has 0 aliphatic rings. The van der Waals surface area contributed by atoms with Crippen LogP contribution in [0.1, 0.15) is 61.6 Å². The van der Waals surface area contributed by atoms with Crippen LogP contribution in [0.3, 0.4) is 0 Å². The summed E-state index contributed by atoms with van der Waals surface area (Å²) >= 11 is 0. The quantitative estimate of drug-likeness (QED) is 0.336. The molecule has 0 saturated heterocycles. The standard InChI is InChI=1S/C27H34S/c1-28(2,3)24-23-27-21-19-26(20-22-27)18-12-9-7-5-4-6-8-11-15-25-16-13-10-14-17-25/h10,13-14,16-17,19-22H,4-9,11,15H2,1-3H3. The van der Waals surface area contributed by atoms with E-state index in [1.54, 1.807) is 0 Å². The largest absolute Gasteiger partial charge is 0.186 e. The predicted molar refractivity (Wildman–Crippen MR) is 128 cm³/mol. The topological polar surface area (TPSA) is 0 Å². The van der Waals surface area contributed by atoms with Gasteiger partial charge in [-0.3, -0.25) is 0 Å². The lowest BCUT2D eigenvalue weighted by molar-refractivity contribution is 0.599. The van der Waals surface area contributed by atoms with Crippen LogP contribution in [-0.2, 0) is 6.42 Å². The van der Waals surface area contributed by atoms with Crippen molar-refractivity contribution in [2.24, 2.45) is 0 Å². The molecule has 1 heteroatoms. The summed E-state index contributed by atoms with van der Waals surface area (Å²) < 4.78 is 0. The summed E-state index contributed by atoms with van der Waals surface area (Å²) in [5.74, 6) is 9.86. The van der Waals surface area contributed by atoms with Gasteiger partial charge in [0.1, 0.15) is 0 Å². The van der Waals surface area contributed by atoms with Crippen molar-refractivity contribution < 1.29 is 0 Å². The van der Waals surface area contributed by atoms with Gasteiger partial charge in [0.15, 0.2) is 0 Å². The molecule has 2 aromatic carbocycles. The molecule has 0 N–H and O–H groups in total. The molecule has 0 nitrogen and oxygen atoms in total. The third-order valence-electron chi connectivity index (χ3n) is 4.48. The van der Waals surface area contributed by atoms with Gasteiger partial charge in [-0.1, -0.05) is 73.8 Å². The first-order valence-corrected chi connectivity index (χ1v) is 13.2. The van der Waals surface area contributed by atoms with E-state index < -0.39 is 10.0 Å². The van der Waals surface area contributed by atoms with Gasteiger partial charge in [0.25, 0.3) is 0 Å². The van der Waals surface area contributed by atoms with Gasteiger partial charge in [0.2, 0.25) is 0 Å². The molecule has 0 heterocycles. The Morgan fingerprint density at radius 3 is 1.86 bits per heavy atom. The molecule has 0 unspecified atom stereocenters. The monoisotopic (exact) mass is 390 g/mol. The molecule has 148 valence electrons. The van der Waals surface area contributed by atoms with Crippen molar-refractivity contribution in [3.63, 3.8) is 0 Å². The van der Waals surface area contributed by atoms with Crippen molar-refractivity contribution in [3.8, 4) is 23.0 Å². The van der Waals surface area contributed by atoms with Gasteiger partial charge < -0.3 is 0 Å². The molecule has 0 atom stereocenters. The molecule has 0 aromatic heterocycles. The summed E-state index contributed by atoms with van der Waals surface area (Å²) in [7, 11) is -0.765. The SMILES string of the molecule is CS(C)(C)C#Cc1ccc(C#CCCCCCCCCc2ccccc2)cc1. The van der Waals surface area contributed by atoms with E-state index in [1.165, 1.54) is 50.5 Å². The van der Waals surface area contributed by atoms with Crippen molar-refractivity contribution in [1.82, 2.24) is 0 Å². The average Bonchev–Trinajstić information content (AvgIpc) is 2.69. The van der Waals surface area contributed by atoms with E-state index in [1.807, 2.05) is 0 Å². The van der Waals surface area contributed by atoms with Crippen LogP contribution in [0, 0.1) is 23.0 Å². The molecular weight excluding hydrogens is 356 g/mol. The van der Waals surface area contributed by atoms with E-state index in [9.17, 15) is 0 Å². The van der Waals surface area contributed by atoms with Gasteiger partial charge in [-0.15, -0.1) is 0 Å². The third-order valence-corrected chi connectivity index (χ3v) is 5.19. The summed E-state index contributed by atoms with van der Waals surface area (Å²) in [4.78, 5) is 0. The normalized spacial score (nSPS) is 11.1. The lowest BCUT2D eigenvalue weighted by atomic mass is 10.0. The van der Waals surface area contributed by atoms with Gasteiger partial charge in [0.05, 0.1) is 0 Å². The maximum atomic E-state index is 3.35. The molecule has 0 fully saturated rings. The minimum Gasteiger partial charge on any atom is -0.186 e. The second kappa shape index (κ2) is 12.4. The lowest BCUT2D eigenvalue weighted by Gasteiger charge is -2.14. The van der Waals surface area contributed by atoms with Crippen LogP contribution in [0.4, 0.5) is 0 Å². The number of hydrogen-bond donors (Lipinski definition) is 0. The van der Waals surface area contributed by atoms with Crippen LogP contribution in [0.5, 0.6) is 0 Å². The Morgan fingerprint density at radius 1 is 0.643 bits per heavy atom. The van der Waals surface area contributed by atoms with Crippen LogP contribution < -0.4 is 0 Å². The molecule has 0 spiro atoms. The Morgan fingerprint density at radius 2 is 1.21 bits per heavy atom. The zero-order valence-corrected chi connectivity index (χ0v) is 18.6. The second-order valence-corrected chi connectivity index (χ2v) is 11.9. The fourth-order valence-corrected chi connectivity index (χ4v) is 3.33. The third kappa shape index (κ3) is 10.3. The van der Waals surface area contributed by atoms with Crippen LogP contribution in [0.15, 0.2) is 54.6 Å². The van der Waals surface area contributed by atoms with Crippen molar-refractivity contribution in [2.45, 2.75) is 51.4 Å². The summed E-state index contributed by atoms with van der Waals surface area (Å²) in [6.45, 7) is 0. The van der Waals surface area contributed by atoms with E-state index >= 15 is 0 Å². The molecule has 28 heavy (non-hydrogen) atoms. The van der Waals surface area contributed by atoms with Gasteiger partial charge >= 0.3 is 0 Å². The highest BCUT2D eigenvalue weighted by Crippen LogP contribution is 2.32. The first kappa shape index (κ1) is 22.2. The zero-order chi connectivity index (χ0) is 20.1. The second-order valence-electron chi connectivity index (χ2n) is 8.05. The summed E-state index contributed by atoms with van der Waals surface area (Å²) in [5.41, 5.74) is 3.64. The number of hydrogen-bond acceptors (Lipinski definition) is 0. The first-order valence-electron chi connectivity index (χ1n) is 10.4. The lowest BCUT2D eigenvalue weighted by Crippen LogP contribution is -1.86. The Kier molecular flexibility index (Phi) is 9.82. The molecule has 0 amide bonds. The Hall–Kier alpha value is -2.09. The average molecular weight is 391 g/mol. The van der Waals surface area contributed by atoms with E-state index in [0.29, 0.717) is 0 Å². The van der Waals surface area contributed by atoms with Crippen molar-refractivity contribution in [3.05, 3.63) is 71.3 Å². The van der Waals surface area contributed by atoms with Gasteiger partial charge in [0, 0.05) is 17.5 Å². The maximum absolute atomic E-state index is 3.35. The molecule has 0 radical (unpaired) electrons. The van der Waals surface area contributed by atoms with Crippen LogP contribution >= 0.6 is 10.0 Å². The van der Waals surface area contributed by atoms with Gasteiger partial charge in [-0.25, -0.2) is 0 Å². The highest BCUT2D eigenvalue weighted by atomic mass is 32.3. The highest BCUT2D eigenvalue weighted by molar-refractivity contribution is 8.35.